The molecular weight excluding hydrogens is 371 g/mol. The van der Waals surface area contributed by atoms with Crippen LogP contribution in [-0.4, -0.2) is 18.4 Å². The SMILES string of the molecule is O=C(COC(=O)c1ccc(Br)o1)c1ccc(Cl)c(Cl)c1. The standard InChI is InChI=1S/C13H7BrCl2O4/c14-12-4-3-11(20-12)13(18)19-6-10(17)7-1-2-8(15)9(16)5-7/h1-5H,6H2. The zero-order chi connectivity index (χ0) is 14.7. The first-order valence-electron chi connectivity index (χ1n) is 5.38. The highest BCUT2D eigenvalue weighted by Crippen LogP contribution is 2.23. The second-order valence-electron chi connectivity index (χ2n) is 3.73. The Bertz CT molecular complexity index is 666. The summed E-state index contributed by atoms with van der Waals surface area (Å²) in [5.41, 5.74) is 0.313. The van der Waals surface area contributed by atoms with E-state index in [4.69, 9.17) is 32.4 Å². The van der Waals surface area contributed by atoms with E-state index in [1.165, 1.54) is 24.3 Å². The second-order valence-corrected chi connectivity index (χ2v) is 5.33. The van der Waals surface area contributed by atoms with Crippen molar-refractivity contribution >= 4 is 50.9 Å². The molecule has 0 aliphatic carbocycles. The van der Waals surface area contributed by atoms with Crippen molar-refractivity contribution in [2.45, 2.75) is 0 Å². The fraction of sp³-hybridized carbons (Fsp3) is 0.0769. The van der Waals surface area contributed by atoms with Gasteiger partial charge in [-0.1, -0.05) is 23.2 Å². The van der Waals surface area contributed by atoms with E-state index in [2.05, 4.69) is 15.9 Å². The van der Waals surface area contributed by atoms with Gasteiger partial charge in [-0.3, -0.25) is 4.79 Å². The van der Waals surface area contributed by atoms with E-state index in [9.17, 15) is 9.59 Å². The molecule has 0 unspecified atom stereocenters. The van der Waals surface area contributed by atoms with Crippen molar-refractivity contribution in [2.75, 3.05) is 6.61 Å². The summed E-state index contributed by atoms with van der Waals surface area (Å²) < 4.78 is 10.3. The fourth-order valence-electron chi connectivity index (χ4n) is 1.38. The zero-order valence-corrected chi connectivity index (χ0v) is 13.0. The summed E-state index contributed by atoms with van der Waals surface area (Å²) in [7, 11) is 0. The number of furan rings is 1. The van der Waals surface area contributed by atoms with Gasteiger partial charge in [-0.05, 0) is 46.3 Å². The van der Waals surface area contributed by atoms with Crippen LogP contribution in [-0.2, 0) is 4.74 Å². The molecule has 0 saturated heterocycles. The van der Waals surface area contributed by atoms with Crippen LogP contribution in [0.25, 0.3) is 0 Å². The Hall–Kier alpha value is -1.30. The van der Waals surface area contributed by atoms with Crippen molar-refractivity contribution < 1.29 is 18.7 Å². The number of ether oxygens (including phenoxy) is 1. The molecule has 0 bridgehead atoms. The number of rotatable bonds is 4. The van der Waals surface area contributed by atoms with Gasteiger partial charge in [0.25, 0.3) is 0 Å². The Morgan fingerprint density at radius 3 is 2.50 bits per heavy atom. The molecule has 2 aromatic rings. The largest absolute Gasteiger partial charge is 0.451 e. The number of carbonyl (C=O) groups excluding carboxylic acids is 2. The minimum Gasteiger partial charge on any atom is -0.451 e. The van der Waals surface area contributed by atoms with Crippen LogP contribution in [0, 0.1) is 0 Å². The van der Waals surface area contributed by atoms with Crippen molar-refractivity contribution in [1.29, 1.82) is 0 Å². The van der Waals surface area contributed by atoms with Crippen molar-refractivity contribution in [3.63, 3.8) is 0 Å². The number of carbonyl (C=O) groups is 2. The summed E-state index contributed by atoms with van der Waals surface area (Å²) in [6.45, 7) is -0.408. The molecule has 0 radical (unpaired) electrons. The second kappa shape index (κ2) is 6.43. The summed E-state index contributed by atoms with van der Waals surface area (Å²) in [5.74, 6) is -1.09. The number of Topliss-reactive ketones (excluding diaryl/α,β-unsaturated/α-hetero) is 1. The molecule has 20 heavy (non-hydrogen) atoms. The minimum absolute atomic E-state index is 0.0128. The van der Waals surface area contributed by atoms with E-state index in [1.807, 2.05) is 0 Å². The molecule has 0 spiro atoms. The molecule has 2 rings (SSSR count). The lowest BCUT2D eigenvalue weighted by molar-refractivity contribution is 0.0442. The molecular formula is C13H7BrCl2O4. The molecule has 1 heterocycles. The number of ketones is 1. The summed E-state index contributed by atoms with van der Waals surface area (Å²) in [6, 6.07) is 7.42. The predicted octanol–water partition coefficient (Wildman–Crippen LogP) is 4.39. The highest BCUT2D eigenvalue weighted by atomic mass is 79.9. The van der Waals surface area contributed by atoms with Gasteiger partial charge in [-0.15, -0.1) is 0 Å². The number of halogens is 3. The number of esters is 1. The summed E-state index contributed by atoms with van der Waals surface area (Å²) in [4.78, 5) is 23.4. The number of hydrogen-bond acceptors (Lipinski definition) is 4. The van der Waals surface area contributed by atoms with E-state index < -0.39 is 12.6 Å². The van der Waals surface area contributed by atoms with Crippen molar-refractivity contribution in [3.8, 4) is 0 Å². The van der Waals surface area contributed by atoms with Gasteiger partial charge in [0.1, 0.15) is 0 Å². The van der Waals surface area contributed by atoms with Crippen molar-refractivity contribution in [3.05, 3.63) is 56.4 Å². The molecule has 104 valence electrons. The Morgan fingerprint density at radius 2 is 1.90 bits per heavy atom. The molecule has 7 heteroatoms. The maximum atomic E-state index is 11.8. The molecule has 0 atom stereocenters. The van der Waals surface area contributed by atoms with Crippen LogP contribution < -0.4 is 0 Å². The first-order valence-corrected chi connectivity index (χ1v) is 6.93. The first kappa shape index (κ1) is 15.1. The van der Waals surface area contributed by atoms with Gasteiger partial charge >= 0.3 is 5.97 Å². The van der Waals surface area contributed by atoms with Gasteiger partial charge in [0.2, 0.25) is 5.76 Å². The van der Waals surface area contributed by atoms with Gasteiger partial charge in [0.05, 0.1) is 10.0 Å². The van der Waals surface area contributed by atoms with Crippen LogP contribution in [0.5, 0.6) is 0 Å². The highest BCUT2D eigenvalue weighted by molar-refractivity contribution is 9.10. The Morgan fingerprint density at radius 1 is 1.15 bits per heavy atom. The van der Waals surface area contributed by atoms with Crippen molar-refractivity contribution in [1.82, 2.24) is 0 Å². The van der Waals surface area contributed by atoms with E-state index in [1.54, 1.807) is 6.07 Å². The van der Waals surface area contributed by atoms with Gasteiger partial charge in [0, 0.05) is 5.56 Å². The normalized spacial score (nSPS) is 10.3. The third-order valence-corrected chi connectivity index (χ3v) is 3.52. The third kappa shape index (κ3) is 3.62. The molecule has 1 aromatic carbocycles. The number of hydrogen-bond donors (Lipinski definition) is 0. The topological polar surface area (TPSA) is 56.5 Å². The Labute approximate surface area is 132 Å². The van der Waals surface area contributed by atoms with Gasteiger partial charge in [0.15, 0.2) is 17.1 Å². The summed E-state index contributed by atoms with van der Waals surface area (Å²) in [5, 5.41) is 0.611. The zero-order valence-electron chi connectivity index (χ0n) is 9.86. The smallest absolute Gasteiger partial charge is 0.374 e. The average molecular weight is 378 g/mol. The third-order valence-electron chi connectivity index (χ3n) is 2.35. The first-order chi connectivity index (χ1) is 9.47. The van der Waals surface area contributed by atoms with E-state index in [-0.39, 0.29) is 16.6 Å². The van der Waals surface area contributed by atoms with Crippen LogP contribution >= 0.6 is 39.1 Å². The molecule has 4 nitrogen and oxygen atoms in total. The van der Waals surface area contributed by atoms with E-state index in [0.29, 0.717) is 15.3 Å². The molecule has 0 saturated carbocycles. The highest BCUT2D eigenvalue weighted by Gasteiger charge is 2.15. The monoisotopic (exact) mass is 376 g/mol. The van der Waals surface area contributed by atoms with Crippen LogP contribution in [0.4, 0.5) is 0 Å². The van der Waals surface area contributed by atoms with Crippen LogP contribution in [0.1, 0.15) is 20.9 Å². The maximum absolute atomic E-state index is 11.8. The van der Waals surface area contributed by atoms with Gasteiger partial charge in [-0.2, -0.15) is 0 Å². The van der Waals surface area contributed by atoms with Crippen molar-refractivity contribution in [2.24, 2.45) is 0 Å². The molecule has 0 N–H and O–H groups in total. The lowest BCUT2D eigenvalue weighted by Crippen LogP contribution is -2.13. The van der Waals surface area contributed by atoms with Crippen LogP contribution in [0.3, 0.4) is 0 Å². The van der Waals surface area contributed by atoms with Crippen LogP contribution in [0.2, 0.25) is 10.0 Å². The Balaban J connectivity index is 1.98. The Kier molecular flexibility index (Phi) is 4.86. The van der Waals surface area contributed by atoms with Crippen LogP contribution in [0.15, 0.2) is 39.4 Å². The molecule has 0 aliphatic rings. The predicted molar refractivity (Wildman–Crippen MR) is 77.5 cm³/mol. The van der Waals surface area contributed by atoms with Gasteiger partial charge in [-0.25, -0.2) is 4.79 Å². The summed E-state index contributed by atoms with van der Waals surface area (Å²) in [6.07, 6.45) is 0. The quantitative estimate of drug-likeness (QED) is 0.585. The molecule has 1 aromatic heterocycles. The van der Waals surface area contributed by atoms with Gasteiger partial charge < -0.3 is 9.15 Å². The maximum Gasteiger partial charge on any atom is 0.374 e. The average Bonchev–Trinajstić information content (AvgIpc) is 2.85. The fourth-order valence-corrected chi connectivity index (χ4v) is 1.98. The lowest BCUT2D eigenvalue weighted by Gasteiger charge is -2.04. The molecule has 0 aliphatic heterocycles. The molecule has 0 amide bonds. The molecule has 0 fully saturated rings. The van der Waals surface area contributed by atoms with E-state index >= 15 is 0 Å². The minimum atomic E-state index is -0.718. The number of benzene rings is 1. The summed E-state index contributed by atoms with van der Waals surface area (Å²) >= 11 is 14.6. The lowest BCUT2D eigenvalue weighted by atomic mass is 10.1. The van der Waals surface area contributed by atoms with E-state index in [0.717, 1.165) is 0 Å².